The van der Waals surface area contributed by atoms with E-state index in [1.54, 1.807) is 0 Å². The van der Waals surface area contributed by atoms with Crippen LogP contribution >= 0.6 is 15.9 Å². The molecule has 3 nitrogen and oxygen atoms in total. The lowest BCUT2D eigenvalue weighted by Crippen LogP contribution is -2.39. The highest BCUT2D eigenvalue weighted by molar-refractivity contribution is 9.10. The molecule has 1 amide bonds. The average Bonchev–Trinajstić information content (AvgIpc) is 3.00. The molecule has 4 heteroatoms. The van der Waals surface area contributed by atoms with Gasteiger partial charge in [0.25, 0.3) is 0 Å². The zero-order chi connectivity index (χ0) is 13.2. The number of carbonyl (C=O) groups is 1. The highest BCUT2D eigenvalue weighted by atomic mass is 79.9. The second kappa shape index (κ2) is 5.63. The fraction of sp³-hybridized carbons (Fsp3) is 0.533. The largest absolute Gasteiger partial charge is 0.337 e. The molecule has 0 bridgehead atoms. The third-order valence-corrected chi connectivity index (χ3v) is 4.96. The SMILES string of the molecule is O=C1[C@H](Br)CCN1C1CCN(Cc2ccccc2)C1. The van der Waals surface area contributed by atoms with E-state index in [1.807, 2.05) is 0 Å². The normalized spacial score (nSPS) is 28.3. The molecule has 2 atom stereocenters. The van der Waals surface area contributed by atoms with Crippen molar-refractivity contribution in [3.05, 3.63) is 35.9 Å². The topological polar surface area (TPSA) is 23.6 Å². The molecule has 0 radical (unpaired) electrons. The zero-order valence-electron chi connectivity index (χ0n) is 11.0. The minimum Gasteiger partial charge on any atom is -0.337 e. The summed E-state index contributed by atoms with van der Waals surface area (Å²) in [6.07, 6.45) is 2.06. The van der Waals surface area contributed by atoms with Gasteiger partial charge in [-0.3, -0.25) is 9.69 Å². The van der Waals surface area contributed by atoms with Gasteiger partial charge in [-0.05, 0) is 18.4 Å². The predicted octanol–water partition coefficient (Wildman–Crippen LogP) is 2.26. The van der Waals surface area contributed by atoms with Crippen LogP contribution in [0.1, 0.15) is 18.4 Å². The standard InChI is InChI=1S/C15H19BrN2O/c16-14-7-9-18(15(14)19)13-6-8-17(11-13)10-12-4-2-1-3-5-12/h1-5,13-14H,6-11H2/t13?,14-/m1/s1. The first-order chi connectivity index (χ1) is 9.24. The number of alkyl halides is 1. The van der Waals surface area contributed by atoms with Crippen molar-refractivity contribution in [1.29, 1.82) is 0 Å². The Hall–Kier alpha value is -0.870. The molecule has 2 aliphatic rings. The predicted molar refractivity (Wildman–Crippen MR) is 79.2 cm³/mol. The van der Waals surface area contributed by atoms with Crippen molar-refractivity contribution in [1.82, 2.24) is 9.80 Å². The number of rotatable bonds is 3. The molecule has 102 valence electrons. The van der Waals surface area contributed by atoms with E-state index < -0.39 is 0 Å². The van der Waals surface area contributed by atoms with Crippen molar-refractivity contribution in [3.63, 3.8) is 0 Å². The molecule has 2 aliphatic heterocycles. The van der Waals surface area contributed by atoms with E-state index in [-0.39, 0.29) is 10.7 Å². The maximum Gasteiger partial charge on any atom is 0.236 e. The van der Waals surface area contributed by atoms with Crippen LogP contribution < -0.4 is 0 Å². The number of carbonyl (C=O) groups excluding carboxylic acids is 1. The molecule has 2 heterocycles. The first-order valence-corrected chi connectivity index (χ1v) is 7.86. The molecule has 0 saturated carbocycles. The van der Waals surface area contributed by atoms with Gasteiger partial charge in [0.05, 0.1) is 4.83 Å². The Morgan fingerprint density at radius 1 is 1.16 bits per heavy atom. The maximum atomic E-state index is 12.0. The fourth-order valence-corrected chi connectivity index (χ4v) is 3.55. The Kier molecular flexibility index (Phi) is 3.89. The molecular weight excluding hydrogens is 304 g/mol. The smallest absolute Gasteiger partial charge is 0.236 e. The molecule has 0 N–H and O–H groups in total. The first-order valence-electron chi connectivity index (χ1n) is 6.95. The molecule has 1 aromatic carbocycles. The van der Waals surface area contributed by atoms with Crippen LogP contribution in [0.2, 0.25) is 0 Å². The molecule has 19 heavy (non-hydrogen) atoms. The lowest BCUT2D eigenvalue weighted by atomic mass is 10.2. The third kappa shape index (κ3) is 2.84. The van der Waals surface area contributed by atoms with Crippen molar-refractivity contribution in [2.75, 3.05) is 19.6 Å². The van der Waals surface area contributed by atoms with Crippen LogP contribution in [0.3, 0.4) is 0 Å². The van der Waals surface area contributed by atoms with Crippen LogP contribution in [0.15, 0.2) is 30.3 Å². The van der Waals surface area contributed by atoms with E-state index in [4.69, 9.17) is 0 Å². The van der Waals surface area contributed by atoms with Gasteiger partial charge in [-0.2, -0.15) is 0 Å². The van der Waals surface area contributed by atoms with E-state index in [2.05, 4.69) is 56.1 Å². The minimum absolute atomic E-state index is 0.0515. The molecule has 0 aromatic heterocycles. The van der Waals surface area contributed by atoms with Gasteiger partial charge in [-0.1, -0.05) is 46.3 Å². The summed E-state index contributed by atoms with van der Waals surface area (Å²) >= 11 is 3.46. The van der Waals surface area contributed by atoms with Crippen molar-refractivity contribution >= 4 is 21.8 Å². The van der Waals surface area contributed by atoms with Gasteiger partial charge in [-0.25, -0.2) is 0 Å². The molecule has 0 spiro atoms. The Labute approximate surface area is 122 Å². The second-order valence-electron chi connectivity index (χ2n) is 5.45. The number of halogens is 1. The van der Waals surface area contributed by atoms with Crippen LogP contribution in [-0.2, 0) is 11.3 Å². The summed E-state index contributed by atoms with van der Waals surface area (Å²) in [6.45, 7) is 4.02. The maximum absolute atomic E-state index is 12.0. The van der Waals surface area contributed by atoms with Gasteiger partial charge in [0, 0.05) is 32.2 Å². The van der Waals surface area contributed by atoms with Gasteiger partial charge < -0.3 is 4.90 Å². The number of amides is 1. The summed E-state index contributed by atoms with van der Waals surface area (Å²) in [5.74, 6) is 0.284. The highest BCUT2D eigenvalue weighted by Crippen LogP contribution is 2.25. The van der Waals surface area contributed by atoms with E-state index in [0.717, 1.165) is 39.0 Å². The molecule has 0 aliphatic carbocycles. The number of hydrogen-bond donors (Lipinski definition) is 0. The van der Waals surface area contributed by atoms with E-state index in [9.17, 15) is 4.79 Å². The zero-order valence-corrected chi connectivity index (χ0v) is 12.6. The molecule has 2 fully saturated rings. The Morgan fingerprint density at radius 3 is 2.63 bits per heavy atom. The van der Waals surface area contributed by atoms with Crippen molar-refractivity contribution in [2.45, 2.75) is 30.3 Å². The molecular formula is C15H19BrN2O. The second-order valence-corrected chi connectivity index (χ2v) is 6.56. The molecule has 2 saturated heterocycles. The quantitative estimate of drug-likeness (QED) is 0.797. The van der Waals surface area contributed by atoms with Gasteiger partial charge in [0.15, 0.2) is 0 Å². The summed E-state index contributed by atoms with van der Waals surface area (Å²) < 4.78 is 0. The Morgan fingerprint density at radius 2 is 1.95 bits per heavy atom. The lowest BCUT2D eigenvalue weighted by molar-refractivity contribution is -0.128. The van der Waals surface area contributed by atoms with Crippen LogP contribution in [0, 0.1) is 0 Å². The number of benzene rings is 1. The summed E-state index contributed by atoms with van der Waals surface area (Å²) in [4.78, 5) is 16.6. The summed E-state index contributed by atoms with van der Waals surface area (Å²) in [7, 11) is 0. The highest BCUT2D eigenvalue weighted by Gasteiger charge is 2.37. The van der Waals surface area contributed by atoms with Crippen LogP contribution in [0.4, 0.5) is 0 Å². The van der Waals surface area contributed by atoms with Crippen LogP contribution in [-0.4, -0.2) is 46.2 Å². The van der Waals surface area contributed by atoms with E-state index in [1.165, 1.54) is 5.56 Å². The van der Waals surface area contributed by atoms with Gasteiger partial charge in [-0.15, -0.1) is 0 Å². The minimum atomic E-state index is 0.0515. The fourth-order valence-electron chi connectivity index (χ4n) is 3.08. The van der Waals surface area contributed by atoms with Crippen LogP contribution in [0.5, 0.6) is 0 Å². The van der Waals surface area contributed by atoms with Gasteiger partial charge >= 0.3 is 0 Å². The summed E-state index contributed by atoms with van der Waals surface area (Å²) in [6, 6.07) is 11.0. The summed E-state index contributed by atoms with van der Waals surface area (Å²) in [5.41, 5.74) is 1.36. The van der Waals surface area contributed by atoms with E-state index in [0.29, 0.717) is 6.04 Å². The number of nitrogens with zero attached hydrogens (tertiary/aromatic N) is 2. The van der Waals surface area contributed by atoms with Crippen LogP contribution in [0.25, 0.3) is 0 Å². The first kappa shape index (κ1) is 13.1. The third-order valence-electron chi connectivity index (χ3n) is 4.11. The van der Waals surface area contributed by atoms with Crippen molar-refractivity contribution in [3.8, 4) is 0 Å². The molecule has 3 rings (SSSR count). The molecule has 1 unspecified atom stereocenters. The number of hydrogen-bond acceptors (Lipinski definition) is 2. The lowest BCUT2D eigenvalue weighted by Gasteiger charge is -2.24. The number of likely N-dealkylation sites (tertiary alicyclic amines) is 2. The Balaban J connectivity index is 1.57. The molecule has 1 aromatic rings. The monoisotopic (exact) mass is 322 g/mol. The van der Waals surface area contributed by atoms with E-state index >= 15 is 0 Å². The van der Waals surface area contributed by atoms with Crippen molar-refractivity contribution in [2.24, 2.45) is 0 Å². The summed E-state index contributed by atoms with van der Waals surface area (Å²) in [5, 5.41) is 0. The average molecular weight is 323 g/mol. The van der Waals surface area contributed by atoms with Gasteiger partial charge in [0.2, 0.25) is 5.91 Å². The Bertz CT molecular complexity index is 451. The van der Waals surface area contributed by atoms with Crippen molar-refractivity contribution < 1.29 is 4.79 Å². The van der Waals surface area contributed by atoms with Gasteiger partial charge in [0.1, 0.15) is 0 Å².